The van der Waals surface area contributed by atoms with Gasteiger partial charge in [-0.25, -0.2) is 4.68 Å². The van der Waals surface area contributed by atoms with Gasteiger partial charge in [0.15, 0.2) is 0 Å². The molecule has 0 spiro atoms. The summed E-state index contributed by atoms with van der Waals surface area (Å²) >= 11 is 5.95. The molecule has 7 heteroatoms. The van der Waals surface area contributed by atoms with Crippen LogP contribution in [0.1, 0.15) is 15.9 Å². The van der Waals surface area contributed by atoms with Crippen LogP contribution in [0.3, 0.4) is 0 Å². The van der Waals surface area contributed by atoms with Gasteiger partial charge in [-0.1, -0.05) is 29.8 Å². The number of hydrogen-bond donors (Lipinski definition) is 0. The van der Waals surface area contributed by atoms with Crippen LogP contribution in [-0.2, 0) is 11.3 Å². The van der Waals surface area contributed by atoms with Gasteiger partial charge < -0.3 is 0 Å². The molecule has 2 heterocycles. The Kier molecular flexibility index (Phi) is 4.51. The number of carbonyl (C=O) groups is 2. The van der Waals surface area contributed by atoms with Crippen LogP contribution >= 0.6 is 11.6 Å². The Bertz CT molecular complexity index is 1020. The van der Waals surface area contributed by atoms with Crippen molar-refractivity contribution in [3.8, 4) is 5.69 Å². The van der Waals surface area contributed by atoms with Gasteiger partial charge in [-0.15, -0.1) is 0 Å². The van der Waals surface area contributed by atoms with Crippen LogP contribution in [0.2, 0.25) is 5.02 Å². The van der Waals surface area contributed by atoms with E-state index >= 15 is 0 Å². The van der Waals surface area contributed by atoms with E-state index in [1.807, 2.05) is 53.2 Å². The highest BCUT2D eigenvalue weighted by atomic mass is 35.5. The average molecular weight is 381 g/mol. The monoisotopic (exact) mass is 380 g/mol. The van der Waals surface area contributed by atoms with E-state index in [-0.39, 0.29) is 0 Å². The molecule has 136 valence electrons. The summed E-state index contributed by atoms with van der Waals surface area (Å²) in [6, 6.07) is 14.8. The van der Waals surface area contributed by atoms with Gasteiger partial charge in [-0.3, -0.25) is 19.4 Å². The molecule has 0 bridgehead atoms. The van der Waals surface area contributed by atoms with E-state index in [1.165, 1.54) is 4.90 Å². The molecule has 2 aromatic carbocycles. The van der Waals surface area contributed by atoms with Crippen molar-refractivity contribution in [2.75, 3.05) is 18.6 Å². The maximum atomic E-state index is 12.3. The van der Waals surface area contributed by atoms with Crippen LogP contribution in [0, 0.1) is 0 Å². The first kappa shape index (κ1) is 17.5. The van der Waals surface area contributed by atoms with Gasteiger partial charge in [0.25, 0.3) is 5.78 Å². The van der Waals surface area contributed by atoms with Crippen molar-refractivity contribution in [1.82, 2.24) is 14.7 Å². The lowest BCUT2D eigenvalue weighted by molar-refractivity contribution is -0.114. The molecule has 6 nitrogen and oxygen atoms in total. The number of ketones is 1. The van der Waals surface area contributed by atoms with E-state index in [4.69, 9.17) is 11.6 Å². The number of halogens is 1. The number of rotatable bonds is 5. The summed E-state index contributed by atoms with van der Waals surface area (Å²) in [7, 11) is 1.89. The molecule has 1 amide bonds. The molecule has 0 aliphatic carbocycles. The van der Waals surface area contributed by atoms with Crippen LogP contribution in [0.25, 0.3) is 5.69 Å². The largest absolute Gasteiger partial charge is 0.300 e. The van der Waals surface area contributed by atoms with Gasteiger partial charge >= 0.3 is 5.91 Å². The summed E-state index contributed by atoms with van der Waals surface area (Å²) in [5.74, 6) is -1.04. The van der Waals surface area contributed by atoms with Gasteiger partial charge in [0.2, 0.25) is 0 Å². The SMILES string of the molecule is CN(Cc1cnn(-c2ccccc2)c1)CN1C(=O)C(=O)c2cc(Cl)ccc21. The summed E-state index contributed by atoms with van der Waals surface area (Å²) in [6.45, 7) is 0.892. The van der Waals surface area contributed by atoms with Crippen LogP contribution in [0.15, 0.2) is 60.9 Å². The van der Waals surface area contributed by atoms with Crippen molar-refractivity contribution in [3.05, 3.63) is 77.1 Å². The first-order chi connectivity index (χ1) is 13.0. The number of nitrogens with zero attached hydrogens (tertiary/aromatic N) is 4. The predicted molar refractivity (Wildman–Crippen MR) is 103 cm³/mol. The first-order valence-corrected chi connectivity index (χ1v) is 8.84. The highest BCUT2D eigenvalue weighted by Gasteiger charge is 2.36. The summed E-state index contributed by atoms with van der Waals surface area (Å²) in [4.78, 5) is 28.0. The molecular formula is C20H17ClN4O2. The molecule has 0 radical (unpaired) electrons. The quantitative estimate of drug-likeness (QED) is 0.638. The average Bonchev–Trinajstić information content (AvgIpc) is 3.22. The topological polar surface area (TPSA) is 58.4 Å². The summed E-state index contributed by atoms with van der Waals surface area (Å²) in [5, 5.41) is 4.83. The minimum atomic E-state index is -0.529. The zero-order valence-electron chi connectivity index (χ0n) is 14.7. The summed E-state index contributed by atoms with van der Waals surface area (Å²) in [6.07, 6.45) is 3.75. The Labute approximate surface area is 161 Å². The molecule has 0 fully saturated rings. The third kappa shape index (κ3) is 3.37. The van der Waals surface area contributed by atoms with Crippen molar-refractivity contribution < 1.29 is 9.59 Å². The molecule has 1 aliphatic rings. The van der Waals surface area contributed by atoms with Crippen molar-refractivity contribution >= 4 is 29.0 Å². The summed E-state index contributed by atoms with van der Waals surface area (Å²) < 4.78 is 1.81. The maximum absolute atomic E-state index is 12.3. The molecule has 0 N–H and O–H groups in total. The lowest BCUT2D eigenvalue weighted by Crippen LogP contribution is -2.38. The second-order valence-corrected chi connectivity index (χ2v) is 6.94. The third-order valence-corrected chi connectivity index (χ3v) is 4.66. The molecule has 4 rings (SSSR count). The Balaban J connectivity index is 1.48. The fourth-order valence-electron chi connectivity index (χ4n) is 3.18. The zero-order valence-corrected chi connectivity index (χ0v) is 15.4. The molecular weight excluding hydrogens is 364 g/mol. The number of carbonyl (C=O) groups excluding carboxylic acids is 2. The van der Waals surface area contributed by atoms with Crippen LogP contribution in [0.4, 0.5) is 5.69 Å². The standard InChI is InChI=1S/C20H17ClN4O2/c1-23(11-14-10-22-25(12-14)16-5-3-2-4-6-16)13-24-18-8-7-15(21)9-17(18)19(26)20(24)27/h2-10,12H,11,13H2,1H3. The molecule has 27 heavy (non-hydrogen) atoms. The fourth-order valence-corrected chi connectivity index (χ4v) is 3.35. The molecule has 0 saturated carbocycles. The van der Waals surface area contributed by atoms with Crippen molar-refractivity contribution in [2.45, 2.75) is 6.54 Å². The van der Waals surface area contributed by atoms with Crippen molar-refractivity contribution in [1.29, 1.82) is 0 Å². The number of hydrogen-bond acceptors (Lipinski definition) is 4. The van der Waals surface area contributed by atoms with E-state index in [0.717, 1.165) is 11.3 Å². The van der Waals surface area contributed by atoms with E-state index in [2.05, 4.69) is 5.10 Å². The van der Waals surface area contributed by atoms with Gasteiger partial charge in [-0.05, 0) is 37.4 Å². The Morgan fingerprint density at radius 3 is 2.67 bits per heavy atom. The molecule has 0 unspecified atom stereocenters. The summed E-state index contributed by atoms with van der Waals surface area (Å²) in [5.41, 5.74) is 2.95. The van der Waals surface area contributed by atoms with Gasteiger partial charge in [0.05, 0.1) is 29.8 Å². The van der Waals surface area contributed by atoms with Crippen molar-refractivity contribution in [2.24, 2.45) is 0 Å². The Hall–Kier alpha value is -2.96. The Morgan fingerprint density at radius 1 is 1.11 bits per heavy atom. The normalized spacial score (nSPS) is 13.5. The number of benzene rings is 2. The Morgan fingerprint density at radius 2 is 1.89 bits per heavy atom. The van der Waals surface area contributed by atoms with E-state index in [9.17, 15) is 9.59 Å². The third-order valence-electron chi connectivity index (χ3n) is 4.43. The molecule has 3 aromatic rings. The van der Waals surface area contributed by atoms with Crippen LogP contribution in [-0.4, -0.2) is 40.1 Å². The van der Waals surface area contributed by atoms with E-state index < -0.39 is 11.7 Å². The lowest BCUT2D eigenvalue weighted by Gasteiger charge is -2.23. The van der Waals surface area contributed by atoms with Crippen LogP contribution < -0.4 is 4.90 Å². The second-order valence-electron chi connectivity index (χ2n) is 6.51. The van der Waals surface area contributed by atoms with Gasteiger partial charge in [0.1, 0.15) is 0 Å². The second kappa shape index (κ2) is 6.98. The number of aromatic nitrogens is 2. The van der Waals surface area contributed by atoms with E-state index in [0.29, 0.717) is 29.5 Å². The van der Waals surface area contributed by atoms with Gasteiger partial charge in [-0.2, -0.15) is 5.10 Å². The number of anilines is 1. The van der Waals surface area contributed by atoms with E-state index in [1.54, 1.807) is 24.4 Å². The highest BCUT2D eigenvalue weighted by molar-refractivity contribution is 6.52. The van der Waals surface area contributed by atoms with Crippen LogP contribution in [0.5, 0.6) is 0 Å². The molecule has 1 aliphatic heterocycles. The number of fused-ring (bicyclic) bond motifs is 1. The fraction of sp³-hybridized carbons (Fsp3) is 0.150. The maximum Gasteiger partial charge on any atom is 0.300 e. The number of amides is 1. The molecule has 0 saturated heterocycles. The zero-order chi connectivity index (χ0) is 19.0. The minimum absolute atomic E-state index is 0.301. The number of Topliss-reactive ketones (excluding diaryl/α,β-unsaturated/α-hetero) is 1. The molecule has 0 atom stereocenters. The lowest BCUT2D eigenvalue weighted by atomic mass is 10.1. The first-order valence-electron chi connectivity index (χ1n) is 8.46. The number of para-hydroxylation sites is 1. The highest BCUT2D eigenvalue weighted by Crippen LogP contribution is 2.31. The predicted octanol–water partition coefficient (Wildman–Crippen LogP) is 3.14. The van der Waals surface area contributed by atoms with Gasteiger partial charge in [0, 0.05) is 23.3 Å². The molecule has 1 aromatic heterocycles. The minimum Gasteiger partial charge on any atom is -0.291 e. The van der Waals surface area contributed by atoms with Crippen molar-refractivity contribution in [3.63, 3.8) is 0 Å². The smallest absolute Gasteiger partial charge is 0.291 e.